The molecule has 0 saturated heterocycles. The molecule has 3 N–H and O–H groups in total. The van der Waals surface area contributed by atoms with Crippen molar-refractivity contribution in [1.82, 2.24) is 5.32 Å². The van der Waals surface area contributed by atoms with Gasteiger partial charge in [0, 0.05) is 29.9 Å². The van der Waals surface area contributed by atoms with Crippen molar-refractivity contribution in [3.63, 3.8) is 0 Å². The lowest BCUT2D eigenvalue weighted by atomic mass is 10.0. The molecule has 1 aliphatic carbocycles. The Labute approximate surface area is 162 Å². The topological polar surface area (TPSA) is 87.3 Å². The van der Waals surface area contributed by atoms with Crippen LogP contribution < -0.4 is 16.0 Å². The summed E-state index contributed by atoms with van der Waals surface area (Å²) in [6, 6.07) is 14.0. The van der Waals surface area contributed by atoms with Crippen molar-refractivity contribution < 1.29 is 14.4 Å². The van der Waals surface area contributed by atoms with Gasteiger partial charge in [-0.25, -0.2) is 0 Å². The minimum Gasteiger partial charge on any atom is -0.351 e. The Balaban J connectivity index is 1.59. The predicted molar refractivity (Wildman–Crippen MR) is 104 cm³/mol. The molecule has 2 aromatic carbocycles. The molecule has 140 valence electrons. The molecular formula is C20H20ClN3O3. The van der Waals surface area contributed by atoms with Crippen molar-refractivity contribution in [2.45, 2.75) is 26.3 Å². The Morgan fingerprint density at radius 2 is 1.52 bits per heavy atom. The van der Waals surface area contributed by atoms with Crippen molar-refractivity contribution in [3.8, 4) is 0 Å². The number of anilines is 2. The Morgan fingerprint density at radius 3 is 2.07 bits per heavy atom. The van der Waals surface area contributed by atoms with Crippen molar-refractivity contribution in [2.24, 2.45) is 5.41 Å². The van der Waals surface area contributed by atoms with E-state index >= 15 is 0 Å². The van der Waals surface area contributed by atoms with Gasteiger partial charge in [-0.2, -0.15) is 0 Å². The van der Waals surface area contributed by atoms with Gasteiger partial charge in [-0.05, 0) is 48.7 Å². The van der Waals surface area contributed by atoms with Gasteiger partial charge < -0.3 is 16.0 Å². The number of carbonyl (C=O) groups is 3. The highest BCUT2D eigenvalue weighted by atomic mass is 35.5. The molecule has 3 amide bonds. The van der Waals surface area contributed by atoms with Gasteiger partial charge in [-0.1, -0.05) is 29.8 Å². The second-order valence-electron chi connectivity index (χ2n) is 6.57. The molecule has 1 saturated carbocycles. The van der Waals surface area contributed by atoms with Crippen LogP contribution in [0.25, 0.3) is 0 Å². The van der Waals surface area contributed by atoms with Crippen LogP contribution in [0.5, 0.6) is 0 Å². The van der Waals surface area contributed by atoms with Gasteiger partial charge in [-0.15, -0.1) is 0 Å². The molecule has 0 bridgehead atoms. The normalized spacial score (nSPS) is 14.1. The molecule has 27 heavy (non-hydrogen) atoms. The summed E-state index contributed by atoms with van der Waals surface area (Å²) >= 11 is 6.09. The van der Waals surface area contributed by atoms with E-state index in [2.05, 4.69) is 16.0 Å². The van der Waals surface area contributed by atoms with E-state index in [-0.39, 0.29) is 24.3 Å². The van der Waals surface area contributed by atoms with Crippen molar-refractivity contribution in [3.05, 3.63) is 59.1 Å². The lowest BCUT2D eigenvalue weighted by Crippen LogP contribution is -2.39. The average Bonchev–Trinajstić information content (AvgIpc) is 3.44. The van der Waals surface area contributed by atoms with Gasteiger partial charge in [0.25, 0.3) is 0 Å². The highest BCUT2D eigenvalue weighted by Gasteiger charge is 2.56. The van der Waals surface area contributed by atoms with Crippen molar-refractivity contribution >= 4 is 40.7 Å². The first-order valence-corrected chi connectivity index (χ1v) is 8.99. The largest absolute Gasteiger partial charge is 0.351 e. The zero-order valence-corrected chi connectivity index (χ0v) is 15.6. The number of halogens is 1. The molecule has 7 heteroatoms. The van der Waals surface area contributed by atoms with E-state index in [1.54, 1.807) is 30.3 Å². The predicted octanol–water partition coefficient (Wildman–Crippen LogP) is 3.33. The average molecular weight is 386 g/mol. The second kappa shape index (κ2) is 7.80. The van der Waals surface area contributed by atoms with Gasteiger partial charge in [0.2, 0.25) is 17.7 Å². The molecule has 1 aliphatic rings. The summed E-state index contributed by atoms with van der Waals surface area (Å²) in [7, 11) is 0. The van der Waals surface area contributed by atoms with Gasteiger partial charge >= 0.3 is 0 Å². The number of carbonyl (C=O) groups excluding carboxylic acids is 3. The summed E-state index contributed by atoms with van der Waals surface area (Å²) in [5, 5.41) is 8.82. The summed E-state index contributed by atoms with van der Waals surface area (Å²) in [6.07, 6.45) is 1.02. The molecule has 0 aromatic heterocycles. The van der Waals surface area contributed by atoms with Crippen LogP contribution in [0.1, 0.15) is 25.3 Å². The smallest absolute Gasteiger partial charge is 0.240 e. The molecule has 0 aliphatic heterocycles. The molecule has 2 aromatic rings. The Hall–Kier alpha value is -2.86. The quantitative estimate of drug-likeness (QED) is 0.666. The summed E-state index contributed by atoms with van der Waals surface area (Å²) in [4.78, 5) is 36.2. The lowest BCUT2D eigenvalue weighted by molar-refractivity contribution is -0.134. The van der Waals surface area contributed by atoms with Crippen LogP contribution in [-0.2, 0) is 20.9 Å². The molecule has 6 nitrogen and oxygen atoms in total. The van der Waals surface area contributed by atoms with Crippen LogP contribution >= 0.6 is 11.6 Å². The maximum absolute atomic E-state index is 12.6. The molecule has 0 spiro atoms. The van der Waals surface area contributed by atoms with Crippen LogP contribution in [0.3, 0.4) is 0 Å². The minimum absolute atomic E-state index is 0.168. The van der Waals surface area contributed by atoms with E-state index in [0.717, 1.165) is 5.56 Å². The summed E-state index contributed by atoms with van der Waals surface area (Å²) in [6.45, 7) is 1.70. The number of hydrogen-bond acceptors (Lipinski definition) is 3. The first-order chi connectivity index (χ1) is 12.9. The molecule has 0 atom stereocenters. The Bertz CT molecular complexity index is 876. The lowest BCUT2D eigenvalue weighted by Gasteiger charge is -2.16. The van der Waals surface area contributed by atoms with E-state index in [0.29, 0.717) is 29.2 Å². The fourth-order valence-electron chi connectivity index (χ4n) is 2.76. The summed E-state index contributed by atoms with van der Waals surface area (Å²) < 4.78 is 0. The van der Waals surface area contributed by atoms with Gasteiger partial charge in [0.05, 0.1) is 0 Å². The maximum atomic E-state index is 12.6. The standard InChI is InChI=1S/C20H20ClN3O3/c1-13(25)23-15-6-8-16(9-7-15)24-19(27)20(10-11-20)18(26)22-12-14-4-2-3-5-17(14)21/h2-9H,10-12H2,1H3,(H,22,26)(H,23,25)(H,24,27). The van der Waals surface area contributed by atoms with E-state index in [1.807, 2.05) is 18.2 Å². The third-order valence-corrected chi connectivity index (χ3v) is 4.85. The number of nitrogens with one attached hydrogen (secondary N) is 3. The number of benzene rings is 2. The van der Waals surface area contributed by atoms with Gasteiger partial charge in [-0.3, -0.25) is 14.4 Å². The first kappa shape index (κ1) is 18.9. The number of hydrogen-bond donors (Lipinski definition) is 3. The van der Waals surface area contributed by atoms with Crippen LogP contribution in [-0.4, -0.2) is 17.7 Å². The molecular weight excluding hydrogens is 366 g/mol. The summed E-state index contributed by atoms with van der Waals surface area (Å²) in [5.74, 6) is -0.792. The molecule has 1 fully saturated rings. The SMILES string of the molecule is CC(=O)Nc1ccc(NC(=O)C2(C(=O)NCc3ccccc3Cl)CC2)cc1. The third kappa shape index (κ3) is 4.46. The van der Waals surface area contributed by atoms with E-state index < -0.39 is 5.41 Å². The molecule has 0 unspecified atom stereocenters. The van der Waals surface area contributed by atoms with Gasteiger partial charge in [0.1, 0.15) is 5.41 Å². The van der Waals surface area contributed by atoms with Crippen molar-refractivity contribution in [1.29, 1.82) is 0 Å². The van der Waals surface area contributed by atoms with Gasteiger partial charge in [0.15, 0.2) is 0 Å². The van der Waals surface area contributed by atoms with E-state index in [9.17, 15) is 14.4 Å². The van der Waals surface area contributed by atoms with Crippen LogP contribution in [0, 0.1) is 5.41 Å². The second-order valence-corrected chi connectivity index (χ2v) is 6.98. The summed E-state index contributed by atoms with van der Waals surface area (Å²) in [5.41, 5.74) is 0.980. The highest BCUT2D eigenvalue weighted by Crippen LogP contribution is 2.47. The monoisotopic (exact) mass is 385 g/mol. The first-order valence-electron chi connectivity index (χ1n) is 8.61. The van der Waals surface area contributed by atoms with Crippen LogP contribution in [0.15, 0.2) is 48.5 Å². The highest BCUT2D eigenvalue weighted by molar-refractivity contribution is 6.31. The van der Waals surface area contributed by atoms with E-state index in [4.69, 9.17) is 11.6 Å². The van der Waals surface area contributed by atoms with Crippen LogP contribution in [0.4, 0.5) is 11.4 Å². The molecule has 0 heterocycles. The number of rotatable bonds is 6. The zero-order valence-electron chi connectivity index (χ0n) is 14.8. The van der Waals surface area contributed by atoms with Crippen LogP contribution in [0.2, 0.25) is 5.02 Å². The minimum atomic E-state index is -1.03. The maximum Gasteiger partial charge on any atom is 0.240 e. The number of amides is 3. The van der Waals surface area contributed by atoms with E-state index in [1.165, 1.54) is 6.92 Å². The Kier molecular flexibility index (Phi) is 5.46. The fraction of sp³-hybridized carbons (Fsp3) is 0.250. The zero-order chi connectivity index (χ0) is 19.4. The molecule has 3 rings (SSSR count). The van der Waals surface area contributed by atoms with Crippen molar-refractivity contribution in [2.75, 3.05) is 10.6 Å². The fourth-order valence-corrected chi connectivity index (χ4v) is 2.96. The molecule has 0 radical (unpaired) electrons. The Morgan fingerprint density at radius 1 is 0.926 bits per heavy atom. The third-order valence-electron chi connectivity index (χ3n) is 4.48.